The number of hydrogen-bond acceptors (Lipinski definition) is 5. The van der Waals surface area contributed by atoms with Gasteiger partial charge in [0.05, 0.1) is 11.1 Å². The second-order valence-corrected chi connectivity index (χ2v) is 3.47. The summed E-state index contributed by atoms with van der Waals surface area (Å²) in [6.07, 6.45) is 0.972. The lowest BCUT2D eigenvalue weighted by atomic mass is 10.5. The predicted octanol–water partition coefficient (Wildman–Crippen LogP) is -0.132. The summed E-state index contributed by atoms with van der Waals surface area (Å²) in [6.45, 7) is 2.00. The maximum atomic E-state index is 11.7. The van der Waals surface area contributed by atoms with Crippen LogP contribution >= 0.6 is 12.6 Å². The molecular formula is C8H11N3O4S. The summed E-state index contributed by atoms with van der Waals surface area (Å²) < 4.78 is 1.96. The van der Waals surface area contributed by atoms with E-state index in [9.17, 15) is 19.7 Å². The number of aryl methyl sites for hydroxylation is 1. The summed E-state index contributed by atoms with van der Waals surface area (Å²) in [6, 6.07) is 0. The molecule has 0 fully saturated rings. The topological polar surface area (TPSA) is 87.1 Å². The first-order valence-electron chi connectivity index (χ1n) is 4.62. The Kier molecular flexibility index (Phi) is 3.88. The molecule has 0 radical (unpaired) electrons. The van der Waals surface area contributed by atoms with Crippen LogP contribution in [0.25, 0.3) is 0 Å². The van der Waals surface area contributed by atoms with E-state index < -0.39 is 21.9 Å². The fraction of sp³-hybridized carbons (Fsp3) is 0.500. The molecule has 1 rings (SSSR count). The summed E-state index contributed by atoms with van der Waals surface area (Å²) in [4.78, 5) is 33.0. The maximum absolute atomic E-state index is 11.7. The number of rotatable bonds is 4. The molecule has 0 saturated heterocycles. The van der Waals surface area contributed by atoms with Crippen LogP contribution in [0.2, 0.25) is 0 Å². The molecule has 16 heavy (non-hydrogen) atoms. The largest absolute Gasteiger partial charge is 0.350 e. The highest BCUT2D eigenvalue weighted by Crippen LogP contribution is 2.00. The van der Waals surface area contributed by atoms with Gasteiger partial charge < -0.3 is 0 Å². The number of nitrogens with zero attached hydrogens (tertiary/aromatic N) is 3. The van der Waals surface area contributed by atoms with E-state index in [2.05, 4.69) is 12.6 Å². The molecule has 0 saturated carbocycles. The van der Waals surface area contributed by atoms with Crippen molar-refractivity contribution in [3.63, 3.8) is 0 Å². The van der Waals surface area contributed by atoms with Gasteiger partial charge in [0.25, 0.3) is 0 Å². The zero-order chi connectivity index (χ0) is 12.3. The third-order valence-electron chi connectivity index (χ3n) is 2.08. The first-order valence-corrected chi connectivity index (χ1v) is 5.25. The van der Waals surface area contributed by atoms with Gasteiger partial charge in [-0.05, 0) is 6.92 Å². The van der Waals surface area contributed by atoms with E-state index in [0.29, 0.717) is 0 Å². The molecule has 0 N–H and O–H groups in total. The molecule has 0 bridgehead atoms. The number of thiol groups is 1. The van der Waals surface area contributed by atoms with E-state index in [1.54, 1.807) is 6.92 Å². The van der Waals surface area contributed by atoms with Crippen LogP contribution in [0.4, 0.5) is 5.69 Å². The van der Waals surface area contributed by atoms with Crippen LogP contribution in [-0.2, 0) is 13.1 Å². The molecule has 1 heterocycles. The Labute approximate surface area is 95.9 Å². The van der Waals surface area contributed by atoms with E-state index in [-0.39, 0.29) is 18.8 Å². The molecule has 0 unspecified atom stereocenters. The molecule has 1 aromatic heterocycles. The van der Waals surface area contributed by atoms with E-state index in [4.69, 9.17) is 0 Å². The van der Waals surface area contributed by atoms with Crippen molar-refractivity contribution >= 4 is 18.3 Å². The minimum atomic E-state index is -0.881. The van der Waals surface area contributed by atoms with Crippen molar-refractivity contribution in [2.45, 2.75) is 20.0 Å². The second-order valence-electron chi connectivity index (χ2n) is 3.02. The minimum absolute atomic E-state index is 0.0580. The van der Waals surface area contributed by atoms with Crippen LogP contribution in [-0.4, -0.2) is 19.8 Å². The average molecular weight is 245 g/mol. The van der Waals surface area contributed by atoms with Crippen molar-refractivity contribution in [1.29, 1.82) is 0 Å². The zero-order valence-corrected chi connectivity index (χ0v) is 9.51. The van der Waals surface area contributed by atoms with Crippen LogP contribution in [0.5, 0.6) is 0 Å². The molecule has 7 nitrogen and oxygen atoms in total. The smallest absolute Gasteiger partial charge is 0.294 e. The van der Waals surface area contributed by atoms with Gasteiger partial charge in [-0.1, -0.05) is 0 Å². The van der Waals surface area contributed by atoms with Crippen LogP contribution < -0.4 is 11.2 Å². The third kappa shape index (κ3) is 2.16. The molecule has 0 amide bonds. The lowest BCUT2D eigenvalue weighted by Crippen LogP contribution is -2.40. The van der Waals surface area contributed by atoms with Gasteiger partial charge in [0.1, 0.15) is 0 Å². The first-order chi connectivity index (χ1) is 7.52. The highest BCUT2D eigenvalue weighted by Gasteiger charge is 2.18. The van der Waals surface area contributed by atoms with Gasteiger partial charge >= 0.3 is 16.9 Å². The van der Waals surface area contributed by atoms with Crippen molar-refractivity contribution in [2.24, 2.45) is 0 Å². The lowest BCUT2D eigenvalue weighted by Gasteiger charge is -2.06. The van der Waals surface area contributed by atoms with Crippen LogP contribution in [0.3, 0.4) is 0 Å². The number of nitro groups is 1. The van der Waals surface area contributed by atoms with Crippen LogP contribution in [0.1, 0.15) is 6.92 Å². The van der Waals surface area contributed by atoms with Gasteiger partial charge in [-0.25, -0.2) is 4.79 Å². The van der Waals surface area contributed by atoms with Gasteiger partial charge in [-0.15, -0.1) is 0 Å². The molecule has 8 heteroatoms. The summed E-state index contributed by atoms with van der Waals surface area (Å²) in [5.74, 6) is 0.264. The Morgan fingerprint density at radius 1 is 1.50 bits per heavy atom. The van der Waals surface area contributed by atoms with E-state index in [1.807, 2.05) is 0 Å². The Hall–Kier alpha value is -1.57. The van der Waals surface area contributed by atoms with E-state index in [1.165, 1.54) is 0 Å². The Bertz CT molecular complexity index is 519. The Morgan fingerprint density at radius 3 is 2.56 bits per heavy atom. The Morgan fingerprint density at radius 2 is 2.12 bits per heavy atom. The highest BCUT2D eigenvalue weighted by atomic mass is 32.1. The lowest BCUT2D eigenvalue weighted by molar-refractivity contribution is -0.387. The van der Waals surface area contributed by atoms with Crippen molar-refractivity contribution in [2.75, 3.05) is 5.75 Å². The first kappa shape index (κ1) is 12.5. The monoisotopic (exact) mass is 245 g/mol. The average Bonchev–Trinajstić information content (AvgIpc) is 2.24. The van der Waals surface area contributed by atoms with Crippen molar-refractivity contribution in [3.8, 4) is 0 Å². The highest BCUT2D eigenvalue weighted by molar-refractivity contribution is 7.80. The molecular weight excluding hydrogens is 234 g/mol. The zero-order valence-electron chi connectivity index (χ0n) is 8.62. The molecule has 0 aliphatic rings. The molecule has 0 aromatic carbocycles. The van der Waals surface area contributed by atoms with Crippen molar-refractivity contribution < 1.29 is 4.92 Å². The van der Waals surface area contributed by atoms with Gasteiger partial charge in [0.15, 0.2) is 0 Å². The fourth-order valence-electron chi connectivity index (χ4n) is 1.29. The quantitative estimate of drug-likeness (QED) is 0.454. The number of hydrogen-bond donors (Lipinski definition) is 1. The molecule has 0 atom stereocenters. The van der Waals surface area contributed by atoms with Gasteiger partial charge in [0.2, 0.25) is 0 Å². The van der Waals surface area contributed by atoms with Gasteiger partial charge in [-0.3, -0.25) is 24.0 Å². The molecule has 0 aliphatic carbocycles. The van der Waals surface area contributed by atoms with Crippen LogP contribution in [0.15, 0.2) is 15.8 Å². The third-order valence-corrected chi connectivity index (χ3v) is 2.28. The molecule has 88 valence electrons. The molecule has 0 spiro atoms. The van der Waals surface area contributed by atoms with E-state index >= 15 is 0 Å². The SMILES string of the molecule is CCn1cc([N+](=O)[O-])c(=O)n(CCS)c1=O. The Balaban J connectivity index is 3.58. The van der Waals surface area contributed by atoms with Crippen molar-refractivity contribution in [1.82, 2.24) is 9.13 Å². The molecule has 1 aromatic rings. The summed E-state index contributed by atoms with van der Waals surface area (Å²) in [5.41, 5.74) is -2.02. The van der Waals surface area contributed by atoms with Crippen molar-refractivity contribution in [3.05, 3.63) is 37.1 Å². The number of aromatic nitrogens is 2. The second kappa shape index (κ2) is 4.97. The van der Waals surface area contributed by atoms with Gasteiger partial charge in [-0.2, -0.15) is 12.6 Å². The maximum Gasteiger partial charge on any atom is 0.350 e. The van der Waals surface area contributed by atoms with Crippen LogP contribution in [0, 0.1) is 10.1 Å². The predicted molar refractivity (Wildman–Crippen MR) is 61.1 cm³/mol. The summed E-state index contributed by atoms with van der Waals surface area (Å²) in [5, 5.41) is 10.6. The standard InChI is InChI=1S/C8H11N3O4S/c1-2-9-5-6(11(14)15)7(12)10(3-4-16)8(9)13/h5,16H,2-4H2,1H3. The summed E-state index contributed by atoms with van der Waals surface area (Å²) in [7, 11) is 0. The fourth-order valence-corrected chi connectivity index (χ4v) is 1.49. The summed E-state index contributed by atoms with van der Waals surface area (Å²) >= 11 is 3.90. The van der Waals surface area contributed by atoms with E-state index in [0.717, 1.165) is 15.3 Å². The normalized spacial score (nSPS) is 10.4. The minimum Gasteiger partial charge on any atom is -0.294 e. The molecule has 0 aliphatic heterocycles. The van der Waals surface area contributed by atoms with Gasteiger partial charge in [0, 0.05) is 18.8 Å².